The van der Waals surface area contributed by atoms with E-state index in [-0.39, 0.29) is 5.91 Å². The van der Waals surface area contributed by atoms with E-state index in [1.54, 1.807) is 0 Å². The first kappa shape index (κ1) is 14.0. The van der Waals surface area contributed by atoms with Crippen molar-refractivity contribution >= 4 is 11.9 Å². The number of carbonyl (C=O) groups excluding carboxylic acids is 2. The maximum Gasteiger partial charge on any atom is 0.329 e. The van der Waals surface area contributed by atoms with Gasteiger partial charge < -0.3 is 15.4 Å². The molecule has 1 rings (SSSR count). The summed E-state index contributed by atoms with van der Waals surface area (Å²) >= 11 is 0. The Kier molecular flexibility index (Phi) is 5.41. The van der Waals surface area contributed by atoms with Gasteiger partial charge >= 0.3 is 5.97 Å². The highest BCUT2D eigenvalue weighted by atomic mass is 16.5. The lowest BCUT2D eigenvalue weighted by atomic mass is 10.1. The molecule has 5 heteroatoms. The van der Waals surface area contributed by atoms with E-state index < -0.39 is 12.0 Å². The van der Waals surface area contributed by atoms with Crippen LogP contribution in [0.1, 0.15) is 33.1 Å². The standard InChI is InChI=1S/C12H22N2O3/c1-8-4-5-10(6-8)13-7-11(12(16)17-3)14-9(2)15/h8,10-11,13H,4-7H2,1-3H3,(H,14,15). The Morgan fingerprint density at radius 2 is 2.12 bits per heavy atom. The SMILES string of the molecule is COC(=O)C(CNC1CCC(C)C1)NC(C)=O. The molecule has 0 aromatic carbocycles. The first-order valence-electron chi connectivity index (χ1n) is 6.11. The fourth-order valence-electron chi connectivity index (χ4n) is 2.26. The Hall–Kier alpha value is -1.10. The summed E-state index contributed by atoms with van der Waals surface area (Å²) < 4.78 is 4.66. The normalized spacial score (nSPS) is 25.4. The molecule has 1 aliphatic carbocycles. The maximum atomic E-state index is 11.4. The van der Waals surface area contributed by atoms with Crippen molar-refractivity contribution in [1.82, 2.24) is 10.6 Å². The summed E-state index contributed by atoms with van der Waals surface area (Å²) in [5.41, 5.74) is 0. The Labute approximate surface area is 102 Å². The monoisotopic (exact) mass is 242 g/mol. The Bertz CT molecular complexity index is 281. The highest BCUT2D eigenvalue weighted by Gasteiger charge is 2.24. The van der Waals surface area contributed by atoms with E-state index in [2.05, 4.69) is 22.3 Å². The number of rotatable bonds is 5. The second-order valence-electron chi connectivity index (χ2n) is 4.80. The molecular weight excluding hydrogens is 220 g/mol. The summed E-state index contributed by atoms with van der Waals surface area (Å²) in [4.78, 5) is 22.4. The second-order valence-corrected chi connectivity index (χ2v) is 4.80. The molecule has 1 amide bonds. The van der Waals surface area contributed by atoms with Gasteiger partial charge in [-0.25, -0.2) is 4.79 Å². The van der Waals surface area contributed by atoms with Gasteiger partial charge in [-0.2, -0.15) is 0 Å². The smallest absolute Gasteiger partial charge is 0.329 e. The highest BCUT2D eigenvalue weighted by Crippen LogP contribution is 2.24. The van der Waals surface area contributed by atoms with Gasteiger partial charge in [-0.15, -0.1) is 0 Å². The van der Waals surface area contributed by atoms with Crippen LogP contribution in [0.15, 0.2) is 0 Å². The lowest BCUT2D eigenvalue weighted by Crippen LogP contribution is -2.48. The van der Waals surface area contributed by atoms with E-state index in [1.165, 1.54) is 20.5 Å². The van der Waals surface area contributed by atoms with Gasteiger partial charge in [0, 0.05) is 19.5 Å². The third-order valence-electron chi connectivity index (χ3n) is 3.17. The van der Waals surface area contributed by atoms with E-state index >= 15 is 0 Å². The Morgan fingerprint density at radius 1 is 1.41 bits per heavy atom. The van der Waals surface area contributed by atoms with E-state index in [0.717, 1.165) is 18.8 Å². The van der Waals surface area contributed by atoms with Crippen molar-refractivity contribution in [2.24, 2.45) is 5.92 Å². The van der Waals surface area contributed by atoms with Gasteiger partial charge in [0.25, 0.3) is 0 Å². The van der Waals surface area contributed by atoms with Gasteiger partial charge in [0.2, 0.25) is 5.91 Å². The summed E-state index contributed by atoms with van der Waals surface area (Å²) in [5.74, 6) is 0.116. The first-order valence-corrected chi connectivity index (χ1v) is 6.11. The molecule has 0 radical (unpaired) electrons. The predicted molar refractivity (Wildman–Crippen MR) is 64.4 cm³/mol. The molecule has 0 aromatic rings. The molecule has 98 valence electrons. The fourth-order valence-corrected chi connectivity index (χ4v) is 2.26. The predicted octanol–water partition coefficient (Wildman–Crippen LogP) is 0.442. The molecule has 3 unspecified atom stereocenters. The second kappa shape index (κ2) is 6.59. The van der Waals surface area contributed by atoms with Gasteiger partial charge in [-0.05, 0) is 25.2 Å². The van der Waals surface area contributed by atoms with E-state index in [1.807, 2.05) is 0 Å². The zero-order valence-corrected chi connectivity index (χ0v) is 10.8. The van der Waals surface area contributed by atoms with Crippen LogP contribution < -0.4 is 10.6 Å². The molecule has 0 spiro atoms. The van der Waals surface area contributed by atoms with Crippen LogP contribution in [-0.2, 0) is 14.3 Å². The topological polar surface area (TPSA) is 67.4 Å². The number of nitrogens with one attached hydrogen (secondary N) is 2. The molecule has 0 heterocycles. The van der Waals surface area contributed by atoms with Gasteiger partial charge in [-0.3, -0.25) is 4.79 Å². The molecule has 0 aliphatic heterocycles. The van der Waals surface area contributed by atoms with Crippen molar-refractivity contribution in [3.8, 4) is 0 Å². The number of ether oxygens (including phenoxy) is 1. The van der Waals surface area contributed by atoms with Crippen molar-refractivity contribution in [2.75, 3.05) is 13.7 Å². The van der Waals surface area contributed by atoms with Crippen LogP contribution >= 0.6 is 0 Å². The lowest BCUT2D eigenvalue weighted by Gasteiger charge is -2.19. The van der Waals surface area contributed by atoms with Crippen LogP contribution in [0, 0.1) is 5.92 Å². The minimum Gasteiger partial charge on any atom is -0.467 e. The molecule has 1 aliphatic rings. The maximum absolute atomic E-state index is 11.4. The third kappa shape index (κ3) is 4.73. The van der Waals surface area contributed by atoms with Gasteiger partial charge in [0.1, 0.15) is 6.04 Å². The van der Waals surface area contributed by atoms with Crippen LogP contribution in [-0.4, -0.2) is 37.6 Å². The Balaban J connectivity index is 2.38. The van der Waals surface area contributed by atoms with Crippen molar-refractivity contribution in [3.05, 3.63) is 0 Å². The number of esters is 1. The number of hydrogen-bond donors (Lipinski definition) is 2. The van der Waals surface area contributed by atoms with Gasteiger partial charge in [0.05, 0.1) is 7.11 Å². The molecule has 0 saturated heterocycles. The molecular formula is C12H22N2O3. The summed E-state index contributed by atoms with van der Waals surface area (Å²) in [6.45, 7) is 4.06. The molecule has 1 fully saturated rings. The average molecular weight is 242 g/mol. The molecule has 0 aromatic heterocycles. The largest absolute Gasteiger partial charge is 0.467 e. The zero-order valence-electron chi connectivity index (χ0n) is 10.8. The molecule has 17 heavy (non-hydrogen) atoms. The van der Waals surface area contributed by atoms with Crippen LogP contribution in [0.3, 0.4) is 0 Å². The third-order valence-corrected chi connectivity index (χ3v) is 3.17. The van der Waals surface area contributed by atoms with E-state index in [0.29, 0.717) is 12.6 Å². The quantitative estimate of drug-likeness (QED) is 0.687. The van der Waals surface area contributed by atoms with Crippen LogP contribution in [0.4, 0.5) is 0 Å². The minimum absolute atomic E-state index is 0.220. The van der Waals surface area contributed by atoms with Crippen LogP contribution in [0.2, 0.25) is 0 Å². The van der Waals surface area contributed by atoms with Crippen LogP contribution in [0.5, 0.6) is 0 Å². The Morgan fingerprint density at radius 3 is 2.59 bits per heavy atom. The zero-order chi connectivity index (χ0) is 12.8. The minimum atomic E-state index is -0.589. The van der Waals surface area contributed by atoms with Gasteiger partial charge in [0.15, 0.2) is 0 Å². The van der Waals surface area contributed by atoms with Crippen LogP contribution in [0.25, 0.3) is 0 Å². The highest BCUT2D eigenvalue weighted by molar-refractivity contribution is 5.83. The number of hydrogen-bond acceptors (Lipinski definition) is 4. The summed E-state index contributed by atoms with van der Waals surface area (Å²) in [7, 11) is 1.33. The van der Waals surface area contributed by atoms with Gasteiger partial charge in [-0.1, -0.05) is 6.92 Å². The molecule has 3 atom stereocenters. The lowest BCUT2D eigenvalue weighted by molar-refractivity contribution is -0.144. The summed E-state index contributed by atoms with van der Waals surface area (Å²) in [6, 6.07) is -0.140. The molecule has 0 bridgehead atoms. The average Bonchev–Trinajstić information content (AvgIpc) is 2.68. The van der Waals surface area contributed by atoms with Crippen molar-refractivity contribution < 1.29 is 14.3 Å². The van der Waals surface area contributed by atoms with E-state index in [9.17, 15) is 9.59 Å². The van der Waals surface area contributed by atoms with Crippen molar-refractivity contribution in [3.63, 3.8) is 0 Å². The molecule has 2 N–H and O–H groups in total. The summed E-state index contributed by atoms with van der Waals surface area (Å²) in [6.07, 6.45) is 3.49. The number of amides is 1. The van der Waals surface area contributed by atoms with E-state index in [4.69, 9.17) is 0 Å². The summed E-state index contributed by atoms with van der Waals surface area (Å²) in [5, 5.41) is 5.91. The van der Waals surface area contributed by atoms with Crippen molar-refractivity contribution in [2.45, 2.75) is 45.2 Å². The first-order chi connectivity index (χ1) is 8.02. The fraction of sp³-hybridized carbons (Fsp3) is 0.833. The molecule has 5 nitrogen and oxygen atoms in total. The number of carbonyl (C=O) groups is 2. The van der Waals surface area contributed by atoms with Crippen molar-refractivity contribution in [1.29, 1.82) is 0 Å². The molecule has 1 saturated carbocycles. The number of methoxy groups -OCH3 is 1.